The number of nitrogens with zero attached hydrogens (tertiary/aromatic N) is 1. The third-order valence-electron chi connectivity index (χ3n) is 7.38. The quantitative estimate of drug-likeness (QED) is 0.552. The van der Waals surface area contributed by atoms with Crippen molar-refractivity contribution in [3.05, 3.63) is 71.8 Å². The number of benzene rings is 2. The van der Waals surface area contributed by atoms with Crippen molar-refractivity contribution in [2.75, 3.05) is 0 Å². The van der Waals surface area contributed by atoms with Crippen molar-refractivity contribution in [2.45, 2.75) is 83.3 Å². The largest absolute Gasteiger partial charge is 0.353 e. The van der Waals surface area contributed by atoms with Crippen molar-refractivity contribution in [3.8, 4) is 0 Å². The number of rotatable bonds is 8. The molecule has 2 aliphatic carbocycles. The number of carbonyl (C=O) groups is 2. The molecule has 0 unspecified atom stereocenters. The first-order valence-corrected chi connectivity index (χ1v) is 12.8. The maximum absolute atomic E-state index is 13.5. The fourth-order valence-corrected chi connectivity index (χ4v) is 5.50. The Morgan fingerprint density at radius 3 is 1.82 bits per heavy atom. The van der Waals surface area contributed by atoms with E-state index >= 15 is 0 Å². The second-order valence-electron chi connectivity index (χ2n) is 9.99. The molecule has 2 aromatic carbocycles. The summed E-state index contributed by atoms with van der Waals surface area (Å²) in [6.07, 6.45) is 10.5. The Morgan fingerprint density at radius 2 is 1.27 bits per heavy atom. The van der Waals surface area contributed by atoms with Crippen molar-refractivity contribution in [2.24, 2.45) is 11.8 Å². The summed E-state index contributed by atoms with van der Waals surface area (Å²) in [4.78, 5) is 28.1. The maximum Gasteiger partial charge on any atom is 0.226 e. The molecule has 0 aromatic heterocycles. The van der Waals surface area contributed by atoms with E-state index in [2.05, 4.69) is 29.6 Å². The number of nitrogens with one attached hydrogen (secondary N) is 1. The minimum Gasteiger partial charge on any atom is -0.353 e. The minimum atomic E-state index is 0.0453. The first-order valence-electron chi connectivity index (χ1n) is 12.8. The Labute approximate surface area is 198 Å². The fraction of sp³-hybridized carbons (Fsp3) is 0.517. The standard InChI is InChI=1S/C29H38N2O2/c32-28(20-23-10-4-1-5-11-23)30-27-18-16-26(17-19-27)29(33)31(21-24-12-6-2-7-13-24)22-25-14-8-3-9-15-25/h2-3,6-9,12-15,23,26-27H,1,4-5,10-11,16-22H2,(H,30,32). The zero-order chi connectivity index (χ0) is 22.9. The van der Waals surface area contributed by atoms with Crippen LogP contribution in [0.15, 0.2) is 60.7 Å². The van der Waals surface area contributed by atoms with E-state index in [1.54, 1.807) is 0 Å². The summed E-state index contributed by atoms with van der Waals surface area (Å²) in [6, 6.07) is 20.7. The summed E-state index contributed by atoms with van der Waals surface area (Å²) in [7, 11) is 0. The van der Waals surface area contributed by atoms with Crippen molar-refractivity contribution in [1.82, 2.24) is 10.2 Å². The van der Waals surface area contributed by atoms with E-state index in [1.807, 2.05) is 41.3 Å². The van der Waals surface area contributed by atoms with E-state index < -0.39 is 0 Å². The molecule has 4 nitrogen and oxygen atoms in total. The molecule has 4 heteroatoms. The van der Waals surface area contributed by atoms with Gasteiger partial charge in [-0.15, -0.1) is 0 Å². The smallest absolute Gasteiger partial charge is 0.226 e. The topological polar surface area (TPSA) is 49.4 Å². The van der Waals surface area contributed by atoms with Gasteiger partial charge in [-0.25, -0.2) is 0 Å². The summed E-state index contributed by atoms with van der Waals surface area (Å²) < 4.78 is 0. The van der Waals surface area contributed by atoms with Crippen molar-refractivity contribution in [1.29, 1.82) is 0 Å². The van der Waals surface area contributed by atoms with Crippen LogP contribution in [0.3, 0.4) is 0 Å². The highest BCUT2D eigenvalue weighted by Gasteiger charge is 2.30. The Balaban J connectivity index is 1.31. The number of amides is 2. The molecule has 0 aliphatic heterocycles. The molecule has 0 saturated heterocycles. The predicted octanol–water partition coefficient (Wildman–Crippen LogP) is 5.86. The molecular weight excluding hydrogens is 408 g/mol. The number of hydrogen-bond donors (Lipinski definition) is 1. The SMILES string of the molecule is O=C(CC1CCCCC1)NC1CCC(C(=O)N(Cc2ccccc2)Cc2ccccc2)CC1. The molecule has 1 N–H and O–H groups in total. The molecule has 176 valence electrons. The average Bonchev–Trinajstić information content (AvgIpc) is 2.85. The van der Waals surface area contributed by atoms with E-state index in [0.29, 0.717) is 25.4 Å². The Hall–Kier alpha value is -2.62. The highest BCUT2D eigenvalue weighted by atomic mass is 16.2. The average molecular weight is 447 g/mol. The van der Waals surface area contributed by atoms with Gasteiger partial charge >= 0.3 is 0 Å². The zero-order valence-corrected chi connectivity index (χ0v) is 19.8. The molecule has 2 saturated carbocycles. The zero-order valence-electron chi connectivity index (χ0n) is 19.8. The molecule has 2 fully saturated rings. The van der Waals surface area contributed by atoms with Gasteiger partial charge in [0, 0.05) is 31.5 Å². The second-order valence-corrected chi connectivity index (χ2v) is 9.99. The molecule has 0 atom stereocenters. The Kier molecular flexibility index (Phi) is 8.57. The lowest BCUT2D eigenvalue weighted by atomic mass is 9.84. The monoisotopic (exact) mass is 446 g/mol. The van der Waals surface area contributed by atoms with Crippen molar-refractivity contribution >= 4 is 11.8 Å². The maximum atomic E-state index is 13.5. The van der Waals surface area contributed by atoms with E-state index in [1.165, 1.54) is 32.1 Å². The van der Waals surface area contributed by atoms with Crippen LogP contribution in [0, 0.1) is 11.8 Å². The third kappa shape index (κ3) is 7.18. The van der Waals surface area contributed by atoms with E-state index in [0.717, 1.165) is 36.8 Å². The lowest BCUT2D eigenvalue weighted by Gasteiger charge is -2.33. The van der Waals surface area contributed by atoms with Gasteiger partial charge < -0.3 is 10.2 Å². The molecule has 0 spiro atoms. The van der Waals surface area contributed by atoms with Crippen molar-refractivity contribution < 1.29 is 9.59 Å². The Morgan fingerprint density at radius 1 is 0.727 bits per heavy atom. The summed E-state index contributed by atoms with van der Waals surface area (Å²) in [6.45, 7) is 1.26. The van der Waals surface area contributed by atoms with Gasteiger partial charge in [0.15, 0.2) is 0 Å². The van der Waals surface area contributed by atoms with Gasteiger partial charge in [0.25, 0.3) is 0 Å². The number of hydrogen-bond acceptors (Lipinski definition) is 2. The normalized spacial score (nSPS) is 21.3. The summed E-state index contributed by atoms with van der Waals surface area (Å²) in [5.41, 5.74) is 2.32. The van der Waals surface area contributed by atoms with E-state index in [-0.39, 0.29) is 23.8 Å². The van der Waals surface area contributed by atoms with Gasteiger partial charge in [-0.05, 0) is 55.6 Å². The number of carbonyl (C=O) groups excluding carboxylic acids is 2. The van der Waals surface area contributed by atoms with Crippen LogP contribution in [0.5, 0.6) is 0 Å². The first kappa shape index (κ1) is 23.5. The summed E-state index contributed by atoms with van der Waals surface area (Å²) in [5.74, 6) is 1.08. The van der Waals surface area contributed by atoms with Crippen LogP contribution >= 0.6 is 0 Å². The highest BCUT2D eigenvalue weighted by molar-refractivity contribution is 5.79. The predicted molar refractivity (Wildman–Crippen MR) is 132 cm³/mol. The molecular formula is C29H38N2O2. The lowest BCUT2D eigenvalue weighted by molar-refractivity contribution is -0.138. The van der Waals surface area contributed by atoms with Crippen LogP contribution in [0.2, 0.25) is 0 Å². The van der Waals surface area contributed by atoms with Gasteiger partial charge in [0.05, 0.1) is 0 Å². The first-order chi connectivity index (χ1) is 16.2. The van der Waals surface area contributed by atoms with Gasteiger partial charge in [-0.3, -0.25) is 9.59 Å². The van der Waals surface area contributed by atoms with Crippen LogP contribution in [0.4, 0.5) is 0 Å². The van der Waals surface area contributed by atoms with Gasteiger partial charge in [0.2, 0.25) is 11.8 Å². The van der Waals surface area contributed by atoms with Crippen LogP contribution < -0.4 is 5.32 Å². The molecule has 2 aliphatic rings. The molecule has 0 heterocycles. The molecule has 2 aromatic rings. The molecule has 4 rings (SSSR count). The van der Waals surface area contributed by atoms with Gasteiger partial charge in [0.1, 0.15) is 0 Å². The highest BCUT2D eigenvalue weighted by Crippen LogP contribution is 2.29. The molecule has 0 bridgehead atoms. The minimum absolute atomic E-state index is 0.0453. The Bertz CT molecular complexity index is 828. The van der Waals surface area contributed by atoms with E-state index in [4.69, 9.17) is 0 Å². The molecule has 2 amide bonds. The summed E-state index contributed by atoms with van der Waals surface area (Å²) in [5, 5.41) is 3.27. The second kappa shape index (κ2) is 12.0. The van der Waals surface area contributed by atoms with E-state index in [9.17, 15) is 9.59 Å². The molecule has 0 radical (unpaired) electrons. The van der Waals surface area contributed by atoms with Crippen LogP contribution in [0.25, 0.3) is 0 Å². The molecule has 33 heavy (non-hydrogen) atoms. The van der Waals surface area contributed by atoms with Gasteiger partial charge in [-0.2, -0.15) is 0 Å². The summed E-state index contributed by atoms with van der Waals surface area (Å²) >= 11 is 0. The third-order valence-corrected chi connectivity index (χ3v) is 7.38. The van der Waals surface area contributed by atoms with Crippen LogP contribution in [-0.4, -0.2) is 22.8 Å². The van der Waals surface area contributed by atoms with Crippen LogP contribution in [-0.2, 0) is 22.7 Å². The fourth-order valence-electron chi connectivity index (χ4n) is 5.50. The van der Waals surface area contributed by atoms with Crippen molar-refractivity contribution in [3.63, 3.8) is 0 Å². The van der Waals surface area contributed by atoms with Gasteiger partial charge in [-0.1, -0.05) is 79.9 Å². The lowest BCUT2D eigenvalue weighted by Crippen LogP contribution is -2.42. The van der Waals surface area contributed by atoms with Crippen LogP contribution in [0.1, 0.15) is 75.3 Å².